The molecular weight excluding hydrogens is 619 g/mol. The van der Waals surface area contributed by atoms with Crippen molar-refractivity contribution in [2.24, 2.45) is 0 Å². The third-order valence-electron chi connectivity index (χ3n) is 6.67. The summed E-state index contributed by atoms with van der Waals surface area (Å²) in [5.41, 5.74) is -0.776. The molecule has 224 valence electrons. The second kappa shape index (κ2) is 13.7. The Hall–Kier alpha value is -3.69. The van der Waals surface area contributed by atoms with E-state index in [2.05, 4.69) is 0 Å². The van der Waals surface area contributed by atoms with Crippen molar-refractivity contribution < 1.29 is 36.0 Å². The van der Waals surface area contributed by atoms with Gasteiger partial charge in [0.05, 0.1) is 31.2 Å². The lowest BCUT2D eigenvalue weighted by Gasteiger charge is -2.24. The summed E-state index contributed by atoms with van der Waals surface area (Å²) < 4.78 is 78.1. The van der Waals surface area contributed by atoms with Crippen molar-refractivity contribution in [3.63, 3.8) is 0 Å². The molecule has 4 aromatic carbocycles. The van der Waals surface area contributed by atoms with Crippen molar-refractivity contribution in [2.75, 3.05) is 14.2 Å². The zero-order valence-corrected chi connectivity index (χ0v) is 25.6. The first-order valence-electron chi connectivity index (χ1n) is 12.9. The number of benzene rings is 4. The number of rotatable bonds is 12. The molecule has 0 aromatic heterocycles. The number of alkyl halides is 2. The van der Waals surface area contributed by atoms with Crippen LogP contribution in [0.4, 0.5) is 8.78 Å². The van der Waals surface area contributed by atoms with Gasteiger partial charge in [0, 0.05) is 13.1 Å². The predicted octanol–water partition coefficient (Wildman–Crippen LogP) is 7.46. The molecule has 0 heterocycles. The smallest absolute Gasteiger partial charge is 0.351 e. The molecule has 43 heavy (non-hydrogen) atoms. The van der Waals surface area contributed by atoms with Crippen LogP contribution < -0.4 is 4.74 Å². The van der Waals surface area contributed by atoms with Gasteiger partial charge in [-0.25, -0.2) is 8.42 Å². The molecule has 0 fully saturated rings. The van der Waals surface area contributed by atoms with Gasteiger partial charge in [0.15, 0.2) is 0 Å². The molecule has 4 aromatic rings. The fourth-order valence-corrected chi connectivity index (χ4v) is 6.71. The molecule has 0 saturated heterocycles. The average Bonchev–Trinajstić information content (AvgIpc) is 3.01. The number of carbonyl (C=O) groups excluding carboxylic acids is 1. The van der Waals surface area contributed by atoms with E-state index in [1.807, 2.05) is 36.4 Å². The molecule has 0 atom stereocenters. The summed E-state index contributed by atoms with van der Waals surface area (Å²) in [5, 5.41) is -0.334. The maximum atomic E-state index is 14.0. The molecular formula is C31H27ClF2NO6PS. The molecule has 0 aliphatic rings. The van der Waals surface area contributed by atoms with Crippen molar-refractivity contribution in [3.8, 4) is 16.9 Å². The standard InChI is InChI=1S/C31H27ClF2NO6PS/c1-40-28-8-3-4-9-29(28)43(38,39)35(20-23-12-15-26(27(32)17-23)31(33,34)42-37)19-21-10-13-24(14-11-21)25-7-5-6-22(16-25)18-30(36)41-2/h3-17H,18-20H2,1-2H3. The number of ether oxygens (including phenoxy) is 2. The minimum atomic E-state index is -4.16. The van der Waals surface area contributed by atoms with E-state index in [0.717, 1.165) is 22.8 Å². The van der Waals surface area contributed by atoms with Crippen molar-refractivity contribution in [1.29, 1.82) is 0 Å². The molecule has 7 nitrogen and oxygen atoms in total. The van der Waals surface area contributed by atoms with Gasteiger partial charge < -0.3 is 9.47 Å². The van der Waals surface area contributed by atoms with Crippen molar-refractivity contribution >= 4 is 36.1 Å². The fraction of sp³-hybridized carbons (Fsp3) is 0.194. The summed E-state index contributed by atoms with van der Waals surface area (Å²) in [5.74, 6) is -0.198. The molecule has 0 bridgehead atoms. The second-order valence-corrected chi connectivity index (χ2v) is 12.6. The minimum absolute atomic E-state index is 0.0578. The lowest BCUT2D eigenvalue weighted by molar-refractivity contribution is -0.139. The lowest BCUT2D eigenvalue weighted by atomic mass is 10.0. The maximum Gasteiger partial charge on any atom is 0.351 e. The molecule has 0 amide bonds. The molecule has 0 N–H and O–H groups in total. The van der Waals surface area contributed by atoms with Crippen LogP contribution in [-0.2, 0) is 49.3 Å². The van der Waals surface area contributed by atoms with E-state index < -0.39 is 29.7 Å². The van der Waals surface area contributed by atoms with Crippen LogP contribution >= 0.6 is 20.1 Å². The Balaban J connectivity index is 1.67. The van der Waals surface area contributed by atoms with Gasteiger partial charge in [0.1, 0.15) is 10.6 Å². The Morgan fingerprint density at radius 1 is 0.860 bits per heavy atom. The third-order valence-corrected chi connectivity index (χ3v) is 9.28. The lowest BCUT2D eigenvalue weighted by Crippen LogP contribution is -2.30. The summed E-state index contributed by atoms with van der Waals surface area (Å²) in [4.78, 5) is 11.6. The highest BCUT2D eigenvalue weighted by molar-refractivity contribution is 7.89. The van der Waals surface area contributed by atoms with E-state index in [4.69, 9.17) is 21.1 Å². The summed E-state index contributed by atoms with van der Waals surface area (Å²) in [7, 11) is -2.86. The van der Waals surface area contributed by atoms with E-state index in [1.165, 1.54) is 42.8 Å². The van der Waals surface area contributed by atoms with Gasteiger partial charge >= 0.3 is 11.6 Å². The van der Waals surface area contributed by atoms with Crippen LogP contribution in [0.3, 0.4) is 0 Å². The minimum Gasteiger partial charge on any atom is -0.495 e. The predicted molar refractivity (Wildman–Crippen MR) is 160 cm³/mol. The highest BCUT2D eigenvalue weighted by Crippen LogP contribution is 2.42. The SMILES string of the molecule is COC(=O)Cc1cccc(-c2ccc(CN(Cc3ccc(C(F)(F)P=O)c(Cl)c3)S(=O)(=O)c3ccccc3OC)cc2)c1. The second-order valence-electron chi connectivity index (χ2n) is 9.52. The molecule has 0 unspecified atom stereocenters. The van der Waals surface area contributed by atoms with Gasteiger partial charge in [0.25, 0.3) is 0 Å². The van der Waals surface area contributed by atoms with Crippen molar-refractivity contribution in [3.05, 3.63) is 118 Å². The van der Waals surface area contributed by atoms with Gasteiger partial charge in [-0.1, -0.05) is 84.4 Å². The van der Waals surface area contributed by atoms with Crippen LogP contribution in [0.1, 0.15) is 22.3 Å². The third kappa shape index (κ3) is 7.64. The summed E-state index contributed by atoms with van der Waals surface area (Å²) in [6.45, 7) is -0.254. The van der Waals surface area contributed by atoms with Crippen LogP contribution in [0.5, 0.6) is 5.75 Å². The summed E-state index contributed by atoms with van der Waals surface area (Å²) in [6.07, 6.45) is 0.136. The first-order chi connectivity index (χ1) is 20.5. The number of carbonyl (C=O) groups is 1. The van der Waals surface area contributed by atoms with Gasteiger partial charge in [-0.15, -0.1) is 0 Å². The zero-order valence-electron chi connectivity index (χ0n) is 23.2. The number of sulfonamides is 1. The molecule has 0 aliphatic carbocycles. The van der Waals surface area contributed by atoms with Gasteiger partial charge in [-0.3, -0.25) is 9.36 Å². The highest BCUT2D eigenvalue weighted by atomic mass is 35.5. The molecule has 0 radical (unpaired) electrons. The van der Waals surface area contributed by atoms with E-state index in [0.29, 0.717) is 11.1 Å². The number of hydrogen-bond donors (Lipinski definition) is 0. The number of nitrogens with zero attached hydrogens (tertiary/aromatic N) is 1. The molecule has 0 spiro atoms. The van der Waals surface area contributed by atoms with Crippen LogP contribution in [0, 0.1) is 0 Å². The summed E-state index contributed by atoms with van der Waals surface area (Å²) in [6, 6.07) is 24.5. The number of hydrogen-bond acceptors (Lipinski definition) is 6. The van der Waals surface area contributed by atoms with E-state index in [-0.39, 0.29) is 41.1 Å². The zero-order chi connectivity index (χ0) is 31.2. The first kappa shape index (κ1) is 32.2. The number of methoxy groups -OCH3 is 2. The maximum absolute atomic E-state index is 14.0. The highest BCUT2D eigenvalue weighted by Gasteiger charge is 2.35. The average molecular weight is 646 g/mol. The molecule has 4 rings (SSSR count). The largest absolute Gasteiger partial charge is 0.495 e. The van der Waals surface area contributed by atoms with Crippen LogP contribution in [0.15, 0.2) is 95.9 Å². The first-order valence-corrected chi connectivity index (χ1v) is 15.5. The van der Waals surface area contributed by atoms with Crippen molar-refractivity contribution in [1.82, 2.24) is 4.31 Å². The van der Waals surface area contributed by atoms with Crippen LogP contribution in [-0.4, -0.2) is 32.9 Å². The van der Waals surface area contributed by atoms with E-state index in [1.54, 1.807) is 24.3 Å². The monoisotopic (exact) mass is 645 g/mol. The topological polar surface area (TPSA) is 90.0 Å². The number of esters is 1. The van der Waals surface area contributed by atoms with E-state index >= 15 is 0 Å². The van der Waals surface area contributed by atoms with Crippen LogP contribution in [0.25, 0.3) is 11.1 Å². The molecule has 0 saturated carbocycles. The fourth-order valence-electron chi connectivity index (χ4n) is 4.46. The molecule has 12 heteroatoms. The van der Waals surface area contributed by atoms with Gasteiger partial charge in [0.2, 0.25) is 18.5 Å². The van der Waals surface area contributed by atoms with E-state index in [9.17, 15) is 26.6 Å². The Bertz CT molecular complexity index is 1730. The Morgan fingerprint density at radius 3 is 2.19 bits per heavy atom. The Kier molecular flexibility index (Phi) is 10.3. The van der Waals surface area contributed by atoms with Crippen molar-refractivity contribution in [2.45, 2.75) is 30.1 Å². The number of halogens is 3. The van der Waals surface area contributed by atoms with Gasteiger partial charge in [-0.05, 0) is 46.0 Å². The quantitative estimate of drug-likeness (QED) is 0.117. The van der Waals surface area contributed by atoms with Gasteiger partial charge in [-0.2, -0.15) is 13.1 Å². The van der Waals surface area contributed by atoms with Crippen LogP contribution in [0.2, 0.25) is 5.02 Å². The Morgan fingerprint density at radius 2 is 1.53 bits per heavy atom. The summed E-state index contributed by atoms with van der Waals surface area (Å²) >= 11 is 6.10. The number of para-hydroxylation sites is 1. The Labute approximate surface area is 255 Å². The normalized spacial score (nSPS) is 12.0. The molecule has 0 aliphatic heterocycles.